The van der Waals surface area contributed by atoms with Crippen LogP contribution in [0.25, 0.3) is 0 Å². The van der Waals surface area contributed by atoms with Crippen molar-refractivity contribution in [1.82, 2.24) is 15.3 Å². The van der Waals surface area contributed by atoms with Crippen molar-refractivity contribution in [3.8, 4) is 0 Å². The Balaban J connectivity index is 1.40. The fourth-order valence-corrected chi connectivity index (χ4v) is 4.05. The summed E-state index contributed by atoms with van der Waals surface area (Å²) in [7, 11) is 0. The second-order valence-electron chi connectivity index (χ2n) is 6.45. The molecule has 2 aliphatic carbocycles. The van der Waals surface area contributed by atoms with Crippen molar-refractivity contribution in [2.75, 3.05) is 6.54 Å². The Hall–Kier alpha value is -1.74. The highest BCUT2D eigenvalue weighted by Gasteiger charge is 2.55. The number of aromatic nitrogens is 2. The quantitative estimate of drug-likeness (QED) is 0.935. The van der Waals surface area contributed by atoms with Gasteiger partial charge in [-0.2, -0.15) is 0 Å². The van der Waals surface area contributed by atoms with Crippen molar-refractivity contribution in [2.24, 2.45) is 5.92 Å². The fourth-order valence-electron chi connectivity index (χ4n) is 4.05. The van der Waals surface area contributed by atoms with Gasteiger partial charge in [-0.1, -0.05) is 24.3 Å². The van der Waals surface area contributed by atoms with Crippen LogP contribution < -0.4 is 5.32 Å². The summed E-state index contributed by atoms with van der Waals surface area (Å²) < 4.78 is 0. The van der Waals surface area contributed by atoms with E-state index in [9.17, 15) is 0 Å². The van der Waals surface area contributed by atoms with E-state index < -0.39 is 0 Å². The average Bonchev–Trinajstić information content (AvgIpc) is 3.22. The van der Waals surface area contributed by atoms with Gasteiger partial charge < -0.3 is 5.32 Å². The number of benzene rings is 1. The summed E-state index contributed by atoms with van der Waals surface area (Å²) in [6.45, 7) is 1.97. The predicted molar refractivity (Wildman–Crippen MR) is 82.9 cm³/mol. The van der Waals surface area contributed by atoms with Gasteiger partial charge in [0.2, 0.25) is 0 Å². The van der Waals surface area contributed by atoms with Crippen LogP contribution in [-0.2, 0) is 18.4 Å². The molecule has 1 aromatic heterocycles. The van der Waals surface area contributed by atoms with Gasteiger partial charge in [0.15, 0.2) is 0 Å². The SMILES string of the molecule is c1ccc2c(c1)CCCC21CC1CNCc1cncnc1. The molecule has 1 N–H and O–H groups in total. The maximum atomic E-state index is 4.06. The molecular formula is C18H21N3. The van der Waals surface area contributed by atoms with Gasteiger partial charge in [0.05, 0.1) is 0 Å². The minimum atomic E-state index is 0.481. The number of hydrogen-bond donors (Lipinski definition) is 1. The van der Waals surface area contributed by atoms with E-state index in [1.165, 1.54) is 25.7 Å². The zero-order valence-electron chi connectivity index (χ0n) is 12.3. The van der Waals surface area contributed by atoms with Crippen LogP contribution in [0.3, 0.4) is 0 Å². The molecule has 0 aliphatic heterocycles. The third kappa shape index (κ3) is 2.36. The molecule has 0 bridgehead atoms. The maximum Gasteiger partial charge on any atom is 0.115 e. The van der Waals surface area contributed by atoms with Gasteiger partial charge in [-0.3, -0.25) is 0 Å². The maximum absolute atomic E-state index is 4.06. The molecule has 2 unspecified atom stereocenters. The van der Waals surface area contributed by atoms with Crippen molar-refractivity contribution in [1.29, 1.82) is 0 Å². The molecule has 3 nitrogen and oxygen atoms in total. The van der Waals surface area contributed by atoms with E-state index in [0.717, 1.165) is 24.6 Å². The first-order valence-corrected chi connectivity index (χ1v) is 7.91. The third-order valence-electron chi connectivity index (χ3n) is 5.19. The molecule has 21 heavy (non-hydrogen) atoms. The molecule has 1 saturated carbocycles. The number of hydrogen-bond acceptors (Lipinski definition) is 3. The smallest absolute Gasteiger partial charge is 0.115 e. The van der Waals surface area contributed by atoms with Gasteiger partial charge in [0, 0.05) is 24.5 Å². The molecule has 2 aromatic rings. The van der Waals surface area contributed by atoms with E-state index >= 15 is 0 Å². The van der Waals surface area contributed by atoms with Crippen LogP contribution in [0.2, 0.25) is 0 Å². The first-order chi connectivity index (χ1) is 10.4. The Kier molecular flexibility index (Phi) is 3.23. The van der Waals surface area contributed by atoms with Crippen LogP contribution >= 0.6 is 0 Å². The molecule has 1 heterocycles. The van der Waals surface area contributed by atoms with Crippen LogP contribution in [0, 0.1) is 5.92 Å². The lowest BCUT2D eigenvalue weighted by atomic mass is 9.78. The molecule has 108 valence electrons. The van der Waals surface area contributed by atoms with Crippen LogP contribution in [0.15, 0.2) is 43.0 Å². The molecule has 0 radical (unpaired) electrons. The summed E-state index contributed by atoms with van der Waals surface area (Å²) in [6, 6.07) is 9.07. The molecule has 0 saturated heterocycles. The number of nitrogens with zero attached hydrogens (tertiary/aromatic N) is 2. The second-order valence-corrected chi connectivity index (χ2v) is 6.45. The molecule has 4 rings (SSSR count). The van der Waals surface area contributed by atoms with E-state index in [4.69, 9.17) is 0 Å². The first kappa shape index (κ1) is 13.0. The van der Waals surface area contributed by atoms with Crippen LogP contribution in [0.1, 0.15) is 36.0 Å². The number of rotatable bonds is 4. The summed E-state index contributed by atoms with van der Waals surface area (Å²) in [4.78, 5) is 8.12. The largest absolute Gasteiger partial charge is 0.312 e. The van der Waals surface area contributed by atoms with Crippen molar-refractivity contribution in [3.63, 3.8) is 0 Å². The van der Waals surface area contributed by atoms with Crippen LogP contribution in [0.4, 0.5) is 0 Å². The zero-order valence-corrected chi connectivity index (χ0v) is 12.3. The van der Waals surface area contributed by atoms with Gasteiger partial charge in [-0.25, -0.2) is 9.97 Å². The Bertz CT molecular complexity index is 625. The van der Waals surface area contributed by atoms with E-state index in [0.29, 0.717) is 5.41 Å². The third-order valence-corrected chi connectivity index (χ3v) is 5.19. The standard InChI is InChI=1S/C18H21N3/c1-2-6-17-15(4-1)5-3-7-18(17)8-16(18)12-19-9-14-10-20-13-21-11-14/h1-2,4,6,10-11,13,16,19H,3,5,7-9,12H2. The number of nitrogens with one attached hydrogen (secondary N) is 1. The Labute approximate surface area is 125 Å². The molecule has 0 amide bonds. The normalized spacial score (nSPS) is 26.6. The molecule has 1 spiro atoms. The lowest BCUT2D eigenvalue weighted by Crippen LogP contribution is -2.24. The van der Waals surface area contributed by atoms with Crippen LogP contribution in [0.5, 0.6) is 0 Å². The Morgan fingerprint density at radius 2 is 2.05 bits per heavy atom. The first-order valence-electron chi connectivity index (χ1n) is 7.91. The minimum Gasteiger partial charge on any atom is -0.312 e. The van der Waals surface area contributed by atoms with Gasteiger partial charge >= 0.3 is 0 Å². The lowest BCUT2D eigenvalue weighted by molar-refractivity contribution is 0.478. The molecule has 1 aromatic carbocycles. The molecular weight excluding hydrogens is 258 g/mol. The highest BCUT2D eigenvalue weighted by Crippen LogP contribution is 2.59. The van der Waals surface area contributed by atoms with E-state index in [2.05, 4.69) is 39.6 Å². The molecule has 3 heteroatoms. The van der Waals surface area contributed by atoms with Crippen molar-refractivity contribution in [3.05, 3.63) is 59.7 Å². The summed E-state index contributed by atoms with van der Waals surface area (Å²) in [5, 5.41) is 3.59. The van der Waals surface area contributed by atoms with Crippen molar-refractivity contribution >= 4 is 0 Å². The lowest BCUT2D eigenvalue weighted by Gasteiger charge is -2.26. The Morgan fingerprint density at radius 1 is 1.19 bits per heavy atom. The van der Waals surface area contributed by atoms with Gasteiger partial charge in [0.25, 0.3) is 0 Å². The number of aryl methyl sites for hydroxylation is 1. The molecule has 1 fully saturated rings. The summed E-state index contributed by atoms with van der Waals surface area (Å²) >= 11 is 0. The summed E-state index contributed by atoms with van der Waals surface area (Å²) in [5.74, 6) is 0.795. The van der Waals surface area contributed by atoms with Crippen molar-refractivity contribution in [2.45, 2.75) is 37.6 Å². The average molecular weight is 279 g/mol. The van der Waals surface area contributed by atoms with Crippen LogP contribution in [-0.4, -0.2) is 16.5 Å². The van der Waals surface area contributed by atoms with E-state index in [1.807, 2.05) is 12.4 Å². The Morgan fingerprint density at radius 3 is 2.95 bits per heavy atom. The van der Waals surface area contributed by atoms with Crippen molar-refractivity contribution < 1.29 is 0 Å². The van der Waals surface area contributed by atoms with Gasteiger partial charge in [-0.15, -0.1) is 0 Å². The summed E-state index contributed by atoms with van der Waals surface area (Å²) in [5.41, 5.74) is 4.86. The van der Waals surface area contributed by atoms with Gasteiger partial charge in [-0.05, 0) is 54.7 Å². The highest BCUT2D eigenvalue weighted by molar-refractivity contribution is 5.42. The van der Waals surface area contributed by atoms with E-state index in [-0.39, 0.29) is 0 Å². The molecule has 2 aliphatic rings. The number of fused-ring (bicyclic) bond motifs is 2. The van der Waals surface area contributed by atoms with E-state index in [1.54, 1.807) is 17.5 Å². The fraction of sp³-hybridized carbons (Fsp3) is 0.444. The highest BCUT2D eigenvalue weighted by atomic mass is 14.9. The second kappa shape index (κ2) is 5.23. The topological polar surface area (TPSA) is 37.8 Å². The zero-order chi connectivity index (χ0) is 14.1. The monoisotopic (exact) mass is 279 g/mol. The summed E-state index contributed by atoms with van der Waals surface area (Å²) in [6.07, 6.45) is 10.7. The van der Waals surface area contributed by atoms with Gasteiger partial charge in [0.1, 0.15) is 6.33 Å². The predicted octanol–water partition coefficient (Wildman–Crippen LogP) is 2.86. The minimum absolute atomic E-state index is 0.481. The molecule has 2 atom stereocenters.